The summed E-state index contributed by atoms with van der Waals surface area (Å²) in [5.74, 6) is -0.0710. The quantitative estimate of drug-likeness (QED) is 0.342. The maximum atomic E-state index is 13.2. The SMILES string of the molecule is CCCCC(CC)COC(=O)c1ccccc1OCC(=O)N1C[C@H](C)N(Cc2ccc(F)cc2)C[C@H]1C. The van der Waals surface area contributed by atoms with Crippen LogP contribution in [0.15, 0.2) is 48.5 Å². The van der Waals surface area contributed by atoms with E-state index >= 15 is 0 Å². The first kappa shape index (κ1) is 28.6. The van der Waals surface area contributed by atoms with Crippen molar-refractivity contribution in [3.8, 4) is 5.75 Å². The Balaban J connectivity index is 1.54. The summed E-state index contributed by atoms with van der Waals surface area (Å²) in [7, 11) is 0. The molecule has 1 amide bonds. The Morgan fingerprint density at radius 3 is 2.46 bits per heavy atom. The molecule has 1 unspecified atom stereocenters. The van der Waals surface area contributed by atoms with E-state index in [2.05, 4.69) is 25.7 Å². The zero-order chi connectivity index (χ0) is 26.8. The first-order chi connectivity index (χ1) is 17.8. The average molecular weight is 513 g/mol. The third-order valence-electron chi connectivity index (χ3n) is 7.19. The first-order valence-corrected chi connectivity index (χ1v) is 13.5. The van der Waals surface area contributed by atoms with Gasteiger partial charge in [-0.25, -0.2) is 9.18 Å². The fraction of sp³-hybridized carbons (Fsp3) is 0.533. The Labute approximate surface area is 220 Å². The number of ether oxygens (including phenoxy) is 2. The van der Waals surface area contributed by atoms with Gasteiger partial charge in [-0.1, -0.05) is 57.4 Å². The topological polar surface area (TPSA) is 59.1 Å². The van der Waals surface area contributed by atoms with Crippen molar-refractivity contribution in [1.82, 2.24) is 9.80 Å². The number of rotatable bonds is 12. The number of carbonyl (C=O) groups excluding carboxylic acids is 2. The summed E-state index contributed by atoms with van der Waals surface area (Å²) < 4.78 is 24.7. The number of piperazine rings is 1. The largest absolute Gasteiger partial charge is 0.483 e. The number of benzene rings is 2. The van der Waals surface area contributed by atoms with Crippen molar-refractivity contribution in [2.75, 3.05) is 26.3 Å². The molecule has 1 aliphatic heterocycles. The van der Waals surface area contributed by atoms with Gasteiger partial charge in [-0.2, -0.15) is 0 Å². The van der Waals surface area contributed by atoms with E-state index in [1.165, 1.54) is 12.1 Å². The van der Waals surface area contributed by atoms with Crippen LogP contribution in [0.4, 0.5) is 4.39 Å². The molecule has 2 aromatic carbocycles. The molecule has 3 rings (SSSR count). The van der Waals surface area contributed by atoms with Gasteiger partial charge in [0.1, 0.15) is 17.1 Å². The molecular weight excluding hydrogens is 471 g/mol. The highest BCUT2D eigenvalue weighted by atomic mass is 19.1. The fourth-order valence-electron chi connectivity index (χ4n) is 4.74. The van der Waals surface area contributed by atoms with Crippen LogP contribution in [0.3, 0.4) is 0 Å². The number of carbonyl (C=O) groups is 2. The van der Waals surface area contributed by atoms with Gasteiger partial charge in [0.15, 0.2) is 6.61 Å². The summed E-state index contributed by atoms with van der Waals surface area (Å²) in [6, 6.07) is 13.6. The molecule has 1 heterocycles. The highest BCUT2D eigenvalue weighted by Gasteiger charge is 2.32. The minimum absolute atomic E-state index is 0.00190. The molecule has 0 aliphatic carbocycles. The molecule has 0 spiro atoms. The Morgan fingerprint density at radius 2 is 1.76 bits per heavy atom. The van der Waals surface area contributed by atoms with Crippen molar-refractivity contribution in [2.45, 2.75) is 72.0 Å². The van der Waals surface area contributed by atoms with Crippen molar-refractivity contribution in [3.63, 3.8) is 0 Å². The molecule has 3 atom stereocenters. The molecule has 1 aliphatic rings. The van der Waals surface area contributed by atoms with Gasteiger partial charge in [0.2, 0.25) is 0 Å². The van der Waals surface area contributed by atoms with Gasteiger partial charge in [-0.15, -0.1) is 0 Å². The average Bonchev–Trinajstić information content (AvgIpc) is 2.90. The van der Waals surface area contributed by atoms with Crippen LogP contribution in [0.5, 0.6) is 5.75 Å². The van der Waals surface area contributed by atoms with E-state index in [0.29, 0.717) is 43.5 Å². The van der Waals surface area contributed by atoms with Crippen LogP contribution in [0, 0.1) is 11.7 Å². The summed E-state index contributed by atoms with van der Waals surface area (Å²) in [6.45, 7) is 10.6. The molecule has 37 heavy (non-hydrogen) atoms. The van der Waals surface area contributed by atoms with E-state index < -0.39 is 5.97 Å². The van der Waals surface area contributed by atoms with Crippen molar-refractivity contribution < 1.29 is 23.5 Å². The fourth-order valence-corrected chi connectivity index (χ4v) is 4.74. The lowest BCUT2D eigenvalue weighted by molar-refractivity contribution is -0.139. The second-order valence-corrected chi connectivity index (χ2v) is 10.1. The lowest BCUT2D eigenvalue weighted by Gasteiger charge is -2.44. The van der Waals surface area contributed by atoms with Gasteiger partial charge in [-0.3, -0.25) is 9.69 Å². The Hall–Kier alpha value is -2.93. The van der Waals surface area contributed by atoms with Crippen LogP contribution < -0.4 is 4.74 Å². The molecule has 1 fully saturated rings. The second kappa shape index (κ2) is 14.1. The predicted octanol–water partition coefficient (Wildman–Crippen LogP) is 5.70. The van der Waals surface area contributed by atoms with Crippen LogP contribution >= 0.6 is 0 Å². The van der Waals surface area contributed by atoms with Gasteiger partial charge >= 0.3 is 5.97 Å². The summed E-state index contributed by atoms with van der Waals surface area (Å²) >= 11 is 0. The summed E-state index contributed by atoms with van der Waals surface area (Å²) in [5, 5.41) is 0. The third-order valence-corrected chi connectivity index (χ3v) is 7.19. The molecular formula is C30H41FN2O4. The van der Waals surface area contributed by atoms with Crippen molar-refractivity contribution in [2.24, 2.45) is 5.92 Å². The number of unbranched alkanes of at least 4 members (excludes halogenated alkanes) is 1. The molecule has 0 aromatic heterocycles. The van der Waals surface area contributed by atoms with Gasteiger partial charge in [0.05, 0.1) is 6.61 Å². The van der Waals surface area contributed by atoms with Gasteiger partial charge < -0.3 is 14.4 Å². The van der Waals surface area contributed by atoms with Crippen molar-refractivity contribution >= 4 is 11.9 Å². The number of esters is 1. The molecule has 7 heteroatoms. The zero-order valence-corrected chi connectivity index (χ0v) is 22.6. The summed E-state index contributed by atoms with van der Waals surface area (Å²) in [4.78, 5) is 30.0. The minimum Gasteiger partial charge on any atom is -0.483 e. The van der Waals surface area contributed by atoms with Crippen LogP contribution in [0.1, 0.15) is 69.3 Å². The molecule has 202 valence electrons. The molecule has 0 radical (unpaired) electrons. The van der Waals surface area contributed by atoms with E-state index in [4.69, 9.17) is 9.47 Å². The Bertz CT molecular complexity index is 1010. The first-order valence-electron chi connectivity index (χ1n) is 13.5. The smallest absolute Gasteiger partial charge is 0.341 e. The van der Waals surface area contributed by atoms with Crippen molar-refractivity contribution in [3.05, 3.63) is 65.5 Å². The van der Waals surface area contributed by atoms with E-state index in [-0.39, 0.29) is 30.4 Å². The van der Waals surface area contributed by atoms with E-state index in [1.54, 1.807) is 36.4 Å². The molecule has 0 N–H and O–H groups in total. The lowest BCUT2D eigenvalue weighted by atomic mass is 10.0. The minimum atomic E-state index is -0.422. The Kier molecular flexibility index (Phi) is 10.9. The maximum absolute atomic E-state index is 13.2. The molecule has 6 nitrogen and oxygen atoms in total. The zero-order valence-electron chi connectivity index (χ0n) is 22.6. The van der Waals surface area contributed by atoms with Crippen LogP contribution in [-0.4, -0.2) is 60.1 Å². The lowest BCUT2D eigenvalue weighted by Crippen LogP contribution is -2.58. The van der Waals surface area contributed by atoms with Gasteiger partial charge in [0.25, 0.3) is 5.91 Å². The van der Waals surface area contributed by atoms with Crippen LogP contribution in [0.25, 0.3) is 0 Å². The normalized spacial score (nSPS) is 18.9. The predicted molar refractivity (Wildman–Crippen MR) is 143 cm³/mol. The number of amides is 1. The number of para-hydroxylation sites is 1. The van der Waals surface area contributed by atoms with E-state index in [9.17, 15) is 14.0 Å². The Morgan fingerprint density at radius 1 is 1.03 bits per heavy atom. The number of nitrogens with zero attached hydrogens (tertiary/aromatic N) is 2. The maximum Gasteiger partial charge on any atom is 0.341 e. The molecule has 0 bridgehead atoms. The van der Waals surface area contributed by atoms with E-state index in [1.807, 2.05) is 11.8 Å². The van der Waals surface area contributed by atoms with Gasteiger partial charge in [0, 0.05) is 31.7 Å². The van der Waals surface area contributed by atoms with E-state index in [0.717, 1.165) is 31.2 Å². The highest BCUT2D eigenvalue weighted by Crippen LogP contribution is 2.22. The summed E-state index contributed by atoms with van der Waals surface area (Å²) in [6.07, 6.45) is 4.25. The van der Waals surface area contributed by atoms with Crippen molar-refractivity contribution in [1.29, 1.82) is 0 Å². The standard InChI is InChI=1S/C30H41FN2O4/c1-5-7-10-24(6-2)20-37-30(35)27-11-8-9-12-28(27)36-21-29(34)33-18-22(3)32(17-23(33)4)19-25-13-15-26(31)16-14-25/h8-9,11-16,22-24H,5-7,10,17-21H2,1-4H3/t22-,23+,24?/m0/s1. The number of hydrogen-bond donors (Lipinski definition) is 0. The molecule has 1 saturated heterocycles. The summed E-state index contributed by atoms with van der Waals surface area (Å²) in [5.41, 5.74) is 1.38. The number of hydrogen-bond acceptors (Lipinski definition) is 5. The molecule has 2 aromatic rings. The van der Waals surface area contributed by atoms with Crippen LogP contribution in [-0.2, 0) is 16.1 Å². The second-order valence-electron chi connectivity index (χ2n) is 10.1. The highest BCUT2D eigenvalue weighted by molar-refractivity contribution is 5.92. The van der Waals surface area contributed by atoms with Gasteiger partial charge in [-0.05, 0) is 56.0 Å². The molecule has 0 saturated carbocycles. The third kappa shape index (κ3) is 8.29. The monoisotopic (exact) mass is 512 g/mol. The van der Waals surface area contributed by atoms with Crippen LogP contribution in [0.2, 0.25) is 0 Å². The number of halogens is 1.